The fourth-order valence-electron chi connectivity index (χ4n) is 3.07. The second-order valence-corrected chi connectivity index (χ2v) is 6.08. The number of ether oxygens (including phenoxy) is 1. The van der Waals surface area contributed by atoms with E-state index in [0.29, 0.717) is 35.9 Å². The Bertz CT molecular complexity index is 969. The molecule has 27 heavy (non-hydrogen) atoms. The zero-order chi connectivity index (χ0) is 18.8. The number of amidine groups is 2. The summed E-state index contributed by atoms with van der Waals surface area (Å²) in [6.45, 7) is 1.07. The molecule has 0 spiro atoms. The summed E-state index contributed by atoms with van der Waals surface area (Å²) in [5.74, 6) is 1.22. The summed E-state index contributed by atoms with van der Waals surface area (Å²) in [6.07, 6.45) is 3.34. The van der Waals surface area contributed by atoms with Crippen LogP contribution >= 0.6 is 0 Å². The molecule has 2 aliphatic heterocycles. The molecule has 1 aromatic heterocycles. The number of aliphatic imine (C=N–C) groups is 2. The quantitative estimate of drug-likeness (QED) is 0.487. The summed E-state index contributed by atoms with van der Waals surface area (Å²) >= 11 is 0. The number of fused-ring (bicyclic) bond motifs is 3. The van der Waals surface area contributed by atoms with Gasteiger partial charge in [-0.05, 0) is 30.3 Å². The van der Waals surface area contributed by atoms with Crippen LogP contribution in [0.1, 0.15) is 22.3 Å². The second-order valence-electron chi connectivity index (χ2n) is 6.08. The Labute approximate surface area is 155 Å². The van der Waals surface area contributed by atoms with E-state index in [1.54, 1.807) is 42.7 Å². The molecule has 2 N–H and O–H groups in total. The zero-order valence-corrected chi connectivity index (χ0v) is 14.5. The Kier molecular flexibility index (Phi) is 4.47. The third-order valence-electron chi connectivity index (χ3n) is 4.31. The normalized spacial score (nSPS) is 14.8. The maximum Gasteiger partial charge on any atom is 0.325 e. The summed E-state index contributed by atoms with van der Waals surface area (Å²) in [5, 5.41) is 0. The number of esters is 1. The van der Waals surface area contributed by atoms with Crippen molar-refractivity contribution in [3.8, 4) is 5.75 Å². The standard InChI is InChI=1S/C19H17N5O3/c20-10-18(26)27-13-3-4-15-14(8-13)19-22-6-7-24(19)17(23-15)9-16(25)12-2-1-5-21-11-12/h1-5,8,11H,6-7,9-10,20H2. The molecule has 8 nitrogen and oxygen atoms in total. The molecular weight excluding hydrogens is 346 g/mol. The molecule has 0 saturated heterocycles. The van der Waals surface area contributed by atoms with Crippen LogP contribution in [0, 0.1) is 0 Å². The molecule has 0 unspecified atom stereocenters. The summed E-state index contributed by atoms with van der Waals surface area (Å²) in [5.41, 5.74) is 7.30. The number of benzene rings is 1. The highest BCUT2D eigenvalue weighted by atomic mass is 16.5. The lowest BCUT2D eigenvalue weighted by molar-refractivity contribution is -0.132. The number of ketones is 1. The fourth-order valence-corrected chi connectivity index (χ4v) is 3.07. The minimum Gasteiger partial charge on any atom is -0.426 e. The van der Waals surface area contributed by atoms with Crippen molar-refractivity contribution >= 4 is 29.1 Å². The van der Waals surface area contributed by atoms with Gasteiger partial charge in [0, 0.05) is 30.1 Å². The molecule has 0 aliphatic carbocycles. The molecule has 0 radical (unpaired) electrons. The molecule has 3 heterocycles. The first kappa shape index (κ1) is 17.0. The Hall–Kier alpha value is -3.39. The number of nitrogens with two attached hydrogens (primary N) is 1. The first-order chi connectivity index (χ1) is 13.2. The van der Waals surface area contributed by atoms with E-state index >= 15 is 0 Å². The minimum absolute atomic E-state index is 0.0509. The van der Waals surface area contributed by atoms with Gasteiger partial charge in [0.15, 0.2) is 5.78 Å². The van der Waals surface area contributed by atoms with Crippen molar-refractivity contribution in [2.24, 2.45) is 15.7 Å². The Morgan fingerprint density at radius 1 is 1.26 bits per heavy atom. The van der Waals surface area contributed by atoms with E-state index in [1.165, 1.54) is 0 Å². The highest BCUT2D eigenvalue weighted by Gasteiger charge is 2.31. The van der Waals surface area contributed by atoms with Crippen LogP contribution in [-0.2, 0) is 4.79 Å². The summed E-state index contributed by atoms with van der Waals surface area (Å²) < 4.78 is 5.18. The van der Waals surface area contributed by atoms with Crippen LogP contribution in [0.2, 0.25) is 0 Å². The molecule has 2 aromatic rings. The monoisotopic (exact) mass is 363 g/mol. The van der Waals surface area contributed by atoms with Gasteiger partial charge in [-0.15, -0.1) is 0 Å². The van der Waals surface area contributed by atoms with Gasteiger partial charge in [0.2, 0.25) is 0 Å². The highest BCUT2D eigenvalue weighted by molar-refractivity contribution is 6.21. The number of hydrogen-bond donors (Lipinski definition) is 1. The molecule has 0 fully saturated rings. The number of nitrogens with zero attached hydrogens (tertiary/aromatic N) is 4. The van der Waals surface area contributed by atoms with Crippen molar-refractivity contribution in [2.45, 2.75) is 6.42 Å². The molecule has 1 aromatic carbocycles. The molecule has 4 rings (SSSR count). The number of aromatic nitrogens is 1. The summed E-state index contributed by atoms with van der Waals surface area (Å²) in [6, 6.07) is 8.61. The van der Waals surface area contributed by atoms with Gasteiger partial charge in [-0.1, -0.05) is 0 Å². The predicted molar refractivity (Wildman–Crippen MR) is 99.5 cm³/mol. The maximum atomic E-state index is 12.6. The third kappa shape index (κ3) is 3.34. The Morgan fingerprint density at radius 2 is 2.15 bits per heavy atom. The Morgan fingerprint density at radius 3 is 2.93 bits per heavy atom. The van der Waals surface area contributed by atoms with Crippen LogP contribution < -0.4 is 10.5 Å². The van der Waals surface area contributed by atoms with Crippen LogP contribution in [0.3, 0.4) is 0 Å². The van der Waals surface area contributed by atoms with Crippen LogP contribution in [-0.4, -0.2) is 52.9 Å². The SMILES string of the molecule is NCC(=O)Oc1ccc2c(c1)C1=NCCN1C(CC(=O)c1cccnc1)=N2. The highest BCUT2D eigenvalue weighted by Crippen LogP contribution is 2.32. The molecular formula is C19H17N5O3. The third-order valence-corrected chi connectivity index (χ3v) is 4.31. The van der Waals surface area contributed by atoms with Gasteiger partial charge in [-0.25, -0.2) is 4.99 Å². The van der Waals surface area contributed by atoms with E-state index in [2.05, 4.69) is 15.0 Å². The average Bonchev–Trinajstić information content (AvgIpc) is 3.19. The van der Waals surface area contributed by atoms with E-state index in [1.807, 2.05) is 4.90 Å². The van der Waals surface area contributed by atoms with Gasteiger partial charge in [-0.3, -0.25) is 19.6 Å². The molecule has 0 saturated carbocycles. The average molecular weight is 363 g/mol. The van der Waals surface area contributed by atoms with Crippen molar-refractivity contribution < 1.29 is 14.3 Å². The van der Waals surface area contributed by atoms with Crippen molar-refractivity contribution in [3.63, 3.8) is 0 Å². The smallest absolute Gasteiger partial charge is 0.325 e. The van der Waals surface area contributed by atoms with Crippen LogP contribution in [0.25, 0.3) is 0 Å². The number of rotatable bonds is 5. The largest absolute Gasteiger partial charge is 0.426 e. The topological polar surface area (TPSA) is 110 Å². The van der Waals surface area contributed by atoms with E-state index < -0.39 is 5.97 Å². The van der Waals surface area contributed by atoms with E-state index in [9.17, 15) is 9.59 Å². The first-order valence-corrected chi connectivity index (χ1v) is 8.53. The first-order valence-electron chi connectivity index (χ1n) is 8.53. The molecule has 0 amide bonds. The maximum absolute atomic E-state index is 12.6. The Balaban J connectivity index is 1.65. The lowest BCUT2D eigenvalue weighted by atomic mass is 10.1. The second kappa shape index (κ2) is 7.08. The number of pyridine rings is 1. The summed E-state index contributed by atoms with van der Waals surface area (Å²) in [7, 11) is 0. The minimum atomic E-state index is -0.512. The lowest BCUT2D eigenvalue weighted by Crippen LogP contribution is -2.38. The van der Waals surface area contributed by atoms with Crippen molar-refractivity contribution in [1.82, 2.24) is 9.88 Å². The van der Waals surface area contributed by atoms with Crippen molar-refractivity contribution in [3.05, 3.63) is 53.9 Å². The predicted octanol–water partition coefficient (Wildman–Crippen LogP) is 1.32. The van der Waals surface area contributed by atoms with E-state index in [4.69, 9.17) is 10.5 Å². The lowest BCUT2D eigenvalue weighted by Gasteiger charge is -2.27. The molecule has 2 aliphatic rings. The summed E-state index contributed by atoms with van der Waals surface area (Å²) in [4.78, 5) is 39.1. The number of hydrogen-bond acceptors (Lipinski definition) is 8. The van der Waals surface area contributed by atoms with Gasteiger partial charge in [-0.2, -0.15) is 0 Å². The molecule has 136 valence electrons. The van der Waals surface area contributed by atoms with E-state index in [0.717, 1.165) is 11.4 Å². The van der Waals surface area contributed by atoms with Gasteiger partial charge in [0.05, 0.1) is 25.2 Å². The van der Waals surface area contributed by atoms with E-state index in [-0.39, 0.29) is 18.7 Å². The molecule has 8 heteroatoms. The molecule has 0 bridgehead atoms. The van der Waals surface area contributed by atoms with Gasteiger partial charge in [0.25, 0.3) is 0 Å². The van der Waals surface area contributed by atoms with Gasteiger partial charge < -0.3 is 15.4 Å². The van der Waals surface area contributed by atoms with Gasteiger partial charge >= 0.3 is 5.97 Å². The molecule has 0 atom stereocenters. The number of Topliss-reactive ketones (excluding diaryl/α,β-unsaturated/α-hetero) is 1. The number of carbonyl (C=O) groups is 2. The van der Waals surface area contributed by atoms with Crippen molar-refractivity contribution in [1.29, 1.82) is 0 Å². The zero-order valence-electron chi connectivity index (χ0n) is 14.5. The fraction of sp³-hybridized carbons (Fsp3) is 0.211. The van der Waals surface area contributed by atoms with Crippen LogP contribution in [0.5, 0.6) is 5.75 Å². The number of carbonyl (C=O) groups excluding carboxylic acids is 2. The van der Waals surface area contributed by atoms with Gasteiger partial charge in [0.1, 0.15) is 17.4 Å². The van der Waals surface area contributed by atoms with Crippen LogP contribution in [0.15, 0.2) is 52.7 Å². The van der Waals surface area contributed by atoms with Crippen LogP contribution in [0.4, 0.5) is 5.69 Å². The van der Waals surface area contributed by atoms with Crippen molar-refractivity contribution in [2.75, 3.05) is 19.6 Å².